The number of thiophene rings is 1. The zero-order valence-electron chi connectivity index (χ0n) is 8.28. The summed E-state index contributed by atoms with van der Waals surface area (Å²) in [6.45, 7) is 4.25. The highest BCUT2D eigenvalue weighted by Crippen LogP contribution is 2.31. The van der Waals surface area contributed by atoms with Crippen LogP contribution in [0.1, 0.15) is 31.1 Å². The molecule has 14 heavy (non-hydrogen) atoms. The second kappa shape index (κ2) is 6.83. The van der Waals surface area contributed by atoms with Crippen LogP contribution in [0.3, 0.4) is 0 Å². The zero-order valence-corrected chi connectivity index (χ0v) is 11.4. The van der Waals surface area contributed by atoms with Crippen LogP contribution in [-0.4, -0.2) is 6.54 Å². The summed E-state index contributed by atoms with van der Waals surface area (Å²) in [6, 6.07) is 2.08. The molecular formula is C10H15BrClNS. The van der Waals surface area contributed by atoms with E-state index >= 15 is 0 Å². The van der Waals surface area contributed by atoms with Gasteiger partial charge in [-0.1, -0.05) is 31.4 Å². The molecule has 0 unspecified atom stereocenters. The van der Waals surface area contributed by atoms with Gasteiger partial charge in [0.2, 0.25) is 0 Å². The lowest BCUT2D eigenvalue weighted by Crippen LogP contribution is -2.13. The van der Waals surface area contributed by atoms with Gasteiger partial charge >= 0.3 is 0 Å². The minimum Gasteiger partial charge on any atom is -0.312 e. The fraction of sp³-hybridized carbons (Fsp3) is 0.600. The molecule has 4 heteroatoms. The largest absolute Gasteiger partial charge is 0.312 e. The summed E-state index contributed by atoms with van der Waals surface area (Å²) in [5.74, 6) is 0. The standard InChI is InChI=1S/C10H15BrClNS/c1-2-3-4-5-13-7-8-6-9(11)10(12)14-8/h6,13H,2-5,7H2,1H3. The van der Waals surface area contributed by atoms with E-state index in [-0.39, 0.29) is 0 Å². The molecule has 1 aromatic rings. The Labute approximate surface area is 103 Å². The molecule has 0 aromatic carbocycles. The molecule has 0 radical (unpaired) electrons. The van der Waals surface area contributed by atoms with Crippen LogP contribution >= 0.6 is 38.9 Å². The lowest BCUT2D eigenvalue weighted by molar-refractivity contribution is 0.620. The van der Waals surface area contributed by atoms with E-state index in [0.717, 1.165) is 21.9 Å². The Hall–Kier alpha value is 0.430. The molecule has 0 saturated carbocycles. The van der Waals surface area contributed by atoms with Crippen LogP contribution in [0.2, 0.25) is 4.34 Å². The first-order valence-electron chi connectivity index (χ1n) is 4.88. The lowest BCUT2D eigenvalue weighted by Gasteiger charge is -2.01. The highest BCUT2D eigenvalue weighted by atomic mass is 79.9. The van der Waals surface area contributed by atoms with Gasteiger partial charge in [-0.2, -0.15) is 0 Å². The summed E-state index contributed by atoms with van der Waals surface area (Å²) < 4.78 is 1.85. The van der Waals surface area contributed by atoms with Crippen molar-refractivity contribution in [3.8, 4) is 0 Å². The van der Waals surface area contributed by atoms with E-state index in [9.17, 15) is 0 Å². The predicted molar refractivity (Wildman–Crippen MR) is 68.3 cm³/mol. The van der Waals surface area contributed by atoms with Crippen molar-refractivity contribution in [3.63, 3.8) is 0 Å². The summed E-state index contributed by atoms with van der Waals surface area (Å²) in [6.07, 6.45) is 3.84. The normalized spacial score (nSPS) is 10.8. The van der Waals surface area contributed by atoms with E-state index in [1.54, 1.807) is 11.3 Å². The third kappa shape index (κ3) is 4.30. The van der Waals surface area contributed by atoms with E-state index in [0.29, 0.717) is 0 Å². The molecule has 0 aliphatic carbocycles. The van der Waals surface area contributed by atoms with Gasteiger partial charge in [-0.25, -0.2) is 0 Å². The van der Waals surface area contributed by atoms with Crippen molar-refractivity contribution < 1.29 is 0 Å². The van der Waals surface area contributed by atoms with Crippen molar-refractivity contribution in [1.82, 2.24) is 5.32 Å². The number of unbranched alkanes of at least 4 members (excludes halogenated alkanes) is 2. The van der Waals surface area contributed by atoms with Crippen molar-refractivity contribution in [3.05, 3.63) is 19.8 Å². The van der Waals surface area contributed by atoms with Gasteiger partial charge in [-0.15, -0.1) is 11.3 Å². The van der Waals surface area contributed by atoms with Gasteiger partial charge in [0.05, 0.1) is 0 Å². The third-order valence-electron chi connectivity index (χ3n) is 1.95. The molecule has 0 amide bonds. The van der Waals surface area contributed by atoms with Crippen molar-refractivity contribution in [2.75, 3.05) is 6.54 Å². The van der Waals surface area contributed by atoms with E-state index in [1.165, 1.54) is 24.1 Å². The van der Waals surface area contributed by atoms with E-state index in [2.05, 4.69) is 34.2 Å². The zero-order chi connectivity index (χ0) is 10.4. The van der Waals surface area contributed by atoms with Crippen LogP contribution in [-0.2, 0) is 6.54 Å². The first kappa shape index (κ1) is 12.5. The van der Waals surface area contributed by atoms with Crippen LogP contribution in [0.4, 0.5) is 0 Å². The molecule has 0 saturated heterocycles. The van der Waals surface area contributed by atoms with Crippen molar-refractivity contribution in [2.45, 2.75) is 32.7 Å². The molecular weight excluding hydrogens is 282 g/mol. The smallest absolute Gasteiger partial charge is 0.107 e. The molecule has 1 N–H and O–H groups in total. The number of halogens is 2. The predicted octanol–water partition coefficient (Wildman–Crippen LogP) is 4.44. The molecule has 0 fully saturated rings. The maximum atomic E-state index is 5.94. The number of nitrogens with one attached hydrogen (secondary N) is 1. The summed E-state index contributed by atoms with van der Waals surface area (Å²) in [7, 11) is 0. The molecule has 0 bridgehead atoms. The van der Waals surface area contributed by atoms with Gasteiger partial charge in [-0.05, 0) is 35.0 Å². The SMILES string of the molecule is CCCCCNCc1cc(Br)c(Cl)s1. The van der Waals surface area contributed by atoms with Crippen LogP contribution < -0.4 is 5.32 Å². The van der Waals surface area contributed by atoms with E-state index < -0.39 is 0 Å². The number of hydrogen-bond donors (Lipinski definition) is 1. The molecule has 1 aromatic heterocycles. The van der Waals surface area contributed by atoms with Crippen LogP contribution in [0.25, 0.3) is 0 Å². The van der Waals surface area contributed by atoms with Crippen molar-refractivity contribution in [2.24, 2.45) is 0 Å². The fourth-order valence-electron chi connectivity index (χ4n) is 1.19. The van der Waals surface area contributed by atoms with Crippen LogP contribution in [0.5, 0.6) is 0 Å². The summed E-state index contributed by atoms with van der Waals surface area (Å²) in [5, 5.41) is 3.41. The minimum atomic E-state index is 0.843. The van der Waals surface area contributed by atoms with Crippen molar-refractivity contribution >= 4 is 38.9 Å². The quantitative estimate of drug-likeness (QED) is 0.765. The Balaban J connectivity index is 2.18. The summed E-state index contributed by atoms with van der Waals surface area (Å²) in [5.41, 5.74) is 0. The van der Waals surface area contributed by atoms with E-state index in [1.807, 2.05) is 0 Å². The van der Waals surface area contributed by atoms with Gasteiger partial charge in [0.15, 0.2) is 0 Å². The highest BCUT2D eigenvalue weighted by Gasteiger charge is 2.03. The molecule has 0 spiro atoms. The molecule has 1 rings (SSSR count). The average molecular weight is 297 g/mol. The Kier molecular flexibility index (Phi) is 6.10. The Morgan fingerprint density at radius 2 is 2.29 bits per heavy atom. The van der Waals surface area contributed by atoms with Gasteiger partial charge in [-0.3, -0.25) is 0 Å². The molecule has 0 aliphatic heterocycles. The first-order valence-corrected chi connectivity index (χ1v) is 6.87. The van der Waals surface area contributed by atoms with Gasteiger partial charge < -0.3 is 5.32 Å². The van der Waals surface area contributed by atoms with E-state index in [4.69, 9.17) is 11.6 Å². The van der Waals surface area contributed by atoms with Gasteiger partial charge in [0.25, 0.3) is 0 Å². The number of hydrogen-bond acceptors (Lipinski definition) is 2. The molecule has 1 nitrogen and oxygen atoms in total. The third-order valence-corrected chi connectivity index (χ3v) is 4.43. The summed E-state index contributed by atoms with van der Waals surface area (Å²) in [4.78, 5) is 1.29. The monoisotopic (exact) mass is 295 g/mol. The highest BCUT2D eigenvalue weighted by molar-refractivity contribution is 9.10. The second-order valence-corrected chi connectivity index (χ2v) is 5.81. The molecule has 1 heterocycles. The average Bonchev–Trinajstić information content (AvgIpc) is 2.46. The molecule has 0 aliphatic rings. The minimum absolute atomic E-state index is 0.843. The fourth-order valence-corrected chi connectivity index (χ4v) is 2.95. The number of rotatable bonds is 6. The van der Waals surface area contributed by atoms with Gasteiger partial charge in [0.1, 0.15) is 4.34 Å². The lowest BCUT2D eigenvalue weighted by atomic mass is 10.2. The van der Waals surface area contributed by atoms with Gasteiger partial charge in [0, 0.05) is 15.9 Å². The molecule has 0 atom stereocenters. The Morgan fingerprint density at radius 1 is 1.50 bits per heavy atom. The van der Waals surface area contributed by atoms with Crippen LogP contribution in [0.15, 0.2) is 10.5 Å². The molecule has 80 valence electrons. The Morgan fingerprint density at radius 3 is 2.86 bits per heavy atom. The topological polar surface area (TPSA) is 12.0 Å². The maximum Gasteiger partial charge on any atom is 0.107 e. The van der Waals surface area contributed by atoms with Crippen LogP contribution in [0, 0.1) is 0 Å². The first-order chi connectivity index (χ1) is 6.74. The maximum absolute atomic E-state index is 5.94. The summed E-state index contributed by atoms with van der Waals surface area (Å²) >= 11 is 11.0. The Bertz CT molecular complexity index is 256. The second-order valence-electron chi connectivity index (χ2n) is 3.22. The van der Waals surface area contributed by atoms with Crippen molar-refractivity contribution in [1.29, 1.82) is 0 Å².